The van der Waals surface area contributed by atoms with Gasteiger partial charge in [-0.25, -0.2) is 4.79 Å². The van der Waals surface area contributed by atoms with Crippen molar-refractivity contribution in [2.24, 2.45) is 0 Å². The van der Waals surface area contributed by atoms with Gasteiger partial charge in [0.2, 0.25) is 11.8 Å². The molecule has 0 aromatic carbocycles. The van der Waals surface area contributed by atoms with Crippen molar-refractivity contribution in [3.63, 3.8) is 0 Å². The van der Waals surface area contributed by atoms with Crippen LogP contribution in [0.2, 0.25) is 0 Å². The molecule has 32 heavy (non-hydrogen) atoms. The highest BCUT2D eigenvalue weighted by atomic mass is 19.4. The van der Waals surface area contributed by atoms with Gasteiger partial charge in [-0.1, -0.05) is 5.16 Å². The second kappa shape index (κ2) is 9.88. The number of aliphatic carboxylic acids is 1. The largest absolute Gasteiger partial charge is 0.490 e. The number of carboxylic acid groups (broad SMARTS) is 1. The van der Waals surface area contributed by atoms with Crippen LogP contribution in [0.1, 0.15) is 42.7 Å². The first-order valence-electron chi connectivity index (χ1n) is 10.2. The zero-order valence-corrected chi connectivity index (χ0v) is 18.7. The number of halogens is 3. The van der Waals surface area contributed by atoms with E-state index >= 15 is 0 Å². The van der Waals surface area contributed by atoms with E-state index < -0.39 is 12.1 Å². The minimum absolute atomic E-state index is 0.00669. The summed E-state index contributed by atoms with van der Waals surface area (Å²) in [7, 11) is 3.48. The van der Waals surface area contributed by atoms with Crippen LogP contribution >= 0.6 is 0 Å². The summed E-state index contributed by atoms with van der Waals surface area (Å²) in [6.07, 6.45) is -1.82. The average Bonchev–Trinajstić information content (AvgIpc) is 3.18. The van der Waals surface area contributed by atoms with Gasteiger partial charge in [0.05, 0.1) is 5.69 Å². The lowest BCUT2D eigenvalue weighted by Gasteiger charge is -2.45. The number of alkyl halides is 3. The van der Waals surface area contributed by atoms with E-state index in [9.17, 15) is 22.8 Å². The number of likely N-dealkylation sites (tertiary alicyclic amines) is 2. The van der Waals surface area contributed by atoms with Crippen LogP contribution < -0.4 is 0 Å². The lowest BCUT2D eigenvalue weighted by atomic mass is 9.84. The molecule has 1 spiro atoms. The number of carboxylic acids is 1. The predicted molar refractivity (Wildman–Crippen MR) is 107 cm³/mol. The van der Waals surface area contributed by atoms with Crippen molar-refractivity contribution in [1.82, 2.24) is 19.9 Å². The molecule has 9 nitrogen and oxygen atoms in total. The third-order valence-electron chi connectivity index (χ3n) is 6.06. The molecular formula is C20H29F3N4O5. The van der Waals surface area contributed by atoms with Gasteiger partial charge in [-0.15, -0.1) is 0 Å². The molecule has 12 heteroatoms. The van der Waals surface area contributed by atoms with Crippen molar-refractivity contribution in [3.05, 3.63) is 17.0 Å². The van der Waals surface area contributed by atoms with Crippen LogP contribution in [0.15, 0.2) is 4.52 Å². The van der Waals surface area contributed by atoms with Crippen LogP contribution in [0, 0.1) is 13.8 Å². The second-order valence-corrected chi connectivity index (χ2v) is 8.37. The van der Waals surface area contributed by atoms with E-state index in [4.69, 9.17) is 14.4 Å². The number of hydrogen-bond acceptors (Lipinski definition) is 6. The van der Waals surface area contributed by atoms with Crippen molar-refractivity contribution in [2.45, 2.75) is 57.8 Å². The minimum Gasteiger partial charge on any atom is -0.475 e. The Morgan fingerprint density at radius 1 is 1.19 bits per heavy atom. The summed E-state index contributed by atoms with van der Waals surface area (Å²) in [4.78, 5) is 39.2. The standard InChI is InChI=1S/C18H28N4O3.C2HF3O2/c1-13-15(14(2)25-19-13)11-21-9-7-18(8-10-21)6-5-16(23)22(18)12-17(24)20(3)4;3-2(4,5)1(6)7/h5-12H2,1-4H3;(H,6,7). The van der Waals surface area contributed by atoms with Gasteiger partial charge in [-0.3, -0.25) is 14.5 Å². The van der Waals surface area contributed by atoms with E-state index in [0.717, 1.165) is 55.9 Å². The molecule has 2 saturated heterocycles. The molecular weight excluding hydrogens is 433 g/mol. The molecule has 180 valence electrons. The number of aryl methyl sites for hydroxylation is 2. The molecule has 0 saturated carbocycles. The SMILES string of the molecule is Cc1noc(C)c1CN1CCC2(CCC(=O)N2CC(=O)N(C)C)CC1.O=C(O)C(F)(F)F. The highest BCUT2D eigenvalue weighted by Crippen LogP contribution is 2.39. The monoisotopic (exact) mass is 462 g/mol. The van der Waals surface area contributed by atoms with Crippen molar-refractivity contribution < 1.29 is 37.2 Å². The van der Waals surface area contributed by atoms with Gasteiger partial charge in [-0.05, 0) is 33.1 Å². The molecule has 0 aliphatic carbocycles. The Balaban J connectivity index is 0.000000451. The lowest BCUT2D eigenvalue weighted by Crippen LogP contribution is -2.55. The molecule has 2 amide bonds. The number of rotatable bonds is 4. The highest BCUT2D eigenvalue weighted by Gasteiger charge is 2.47. The maximum Gasteiger partial charge on any atom is 0.490 e. The molecule has 2 fully saturated rings. The second-order valence-electron chi connectivity index (χ2n) is 8.37. The number of piperidine rings is 1. The van der Waals surface area contributed by atoms with E-state index in [1.807, 2.05) is 18.7 Å². The van der Waals surface area contributed by atoms with Crippen LogP contribution in [-0.4, -0.2) is 88.2 Å². The third kappa shape index (κ3) is 5.99. The quantitative estimate of drug-likeness (QED) is 0.729. The third-order valence-corrected chi connectivity index (χ3v) is 6.06. The van der Waals surface area contributed by atoms with Crippen molar-refractivity contribution in [3.8, 4) is 0 Å². The number of carbonyl (C=O) groups excluding carboxylic acids is 2. The number of aromatic nitrogens is 1. The number of amides is 2. The fourth-order valence-electron chi connectivity index (χ4n) is 4.01. The van der Waals surface area contributed by atoms with Gasteiger partial charge in [0.15, 0.2) is 0 Å². The van der Waals surface area contributed by atoms with Crippen LogP contribution in [0.5, 0.6) is 0 Å². The van der Waals surface area contributed by atoms with Gasteiger partial charge in [0.25, 0.3) is 0 Å². The normalized spacial score (nSPS) is 18.5. The Kier molecular flexibility index (Phi) is 7.92. The molecule has 1 N–H and O–H groups in total. The maximum atomic E-state index is 12.4. The van der Waals surface area contributed by atoms with E-state index in [-0.39, 0.29) is 23.9 Å². The Bertz CT molecular complexity index is 825. The molecule has 1 aromatic heterocycles. The number of carbonyl (C=O) groups is 3. The number of nitrogens with zero attached hydrogens (tertiary/aromatic N) is 4. The Morgan fingerprint density at radius 3 is 2.19 bits per heavy atom. The van der Waals surface area contributed by atoms with E-state index in [0.29, 0.717) is 6.42 Å². The summed E-state index contributed by atoms with van der Waals surface area (Å²) in [6, 6.07) is 0. The lowest BCUT2D eigenvalue weighted by molar-refractivity contribution is -0.192. The minimum atomic E-state index is -5.08. The summed E-state index contributed by atoms with van der Waals surface area (Å²) >= 11 is 0. The Morgan fingerprint density at radius 2 is 1.75 bits per heavy atom. The average molecular weight is 462 g/mol. The molecule has 2 aliphatic heterocycles. The molecule has 1 aromatic rings. The summed E-state index contributed by atoms with van der Waals surface area (Å²) in [6.45, 7) is 6.80. The molecule has 0 radical (unpaired) electrons. The summed E-state index contributed by atoms with van der Waals surface area (Å²) in [5.41, 5.74) is 1.97. The topological polar surface area (TPSA) is 107 Å². The zero-order chi connectivity index (χ0) is 24.3. The van der Waals surface area contributed by atoms with Crippen molar-refractivity contribution >= 4 is 17.8 Å². The van der Waals surface area contributed by atoms with Crippen molar-refractivity contribution in [1.29, 1.82) is 0 Å². The molecule has 0 unspecified atom stereocenters. The molecule has 3 rings (SSSR count). The van der Waals surface area contributed by atoms with Gasteiger partial charge in [-0.2, -0.15) is 13.2 Å². The zero-order valence-electron chi connectivity index (χ0n) is 18.7. The van der Waals surface area contributed by atoms with E-state index in [1.54, 1.807) is 19.0 Å². The number of hydrogen-bond donors (Lipinski definition) is 1. The maximum absolute atomic E-state index is 12.4. The first-order chi connectivity index (χ1) is 14.8. The summed E-state index contributed by atoms with van der Waals surface area (Å²) in [5.74, 6) is -1.76. The molecule has 2 aliphatic rings. The Hall–Kier alpha value is -2.63. The van der Waals surface area contributed by atoms with Gasteiger partial charge < -0.3 is 19.4 Å². The van der Waals surface area contributed by atoms with Crippen LogP contribution in [-0.2, 0) is 20.9 Å². The first kappa shape index (κ1) is 25.6. The van der Waals surface area contributed by atoms with Crippen LogP contribution in [0.4, 0.5) is 13.2 Å². The van der Waals surface area contributed by atoms with Gasteiger partial charge >= 0.3 is 12.1 Å². The molecule has 0 atom stereocenters. The first-order valence-corrected chi connectivity index (χ1v) is 10.2. The van der Waals surface area contributed by atoms with E-state index in [2.05, 4.69) is 10.1 Å². The smallest absolute Gasteiger partial charge is 0.475 e. The van der Waals surface area contributed by atoms with Crippen molar-refractivity contribution in [2.75, 3.05) is 33.7 Å². The highest BCUT2D eigenvalue weighted by molar-refractivity contribution is 5.86. The molecule has 0 bridgehead atoms. The van der Waals surface area contributed by atoms with Gasteiger partial charge in [0.1, 0.15) is 12.3 Å². The van der Waals surface area contributed by atoms with E-state index in [1.165, 1.54) is 0 Å². The Labute approximate surface area is 184 Å². The molecule has 3 heterocycles. The number of likely N-dealkylation sites (N-methyl/N-ethyl adjacent to an activating group) is 1. The van der Waals surface area contributed by atoms with Gasteiger partial charge in [0, 0.05) is 51.3 Å². The van der Waals surface area contributed by atoms with Crippen LogP contribution in [0.3, 0.4) is 0 Å². The fourth-order valence-corrected chi connectivity index (χ4v) is 4.01. The predicted octanol–water partition coefficient (Wildman–Crippen LogP) is 1.97. The van der Waals surface area contributed by atoms with Crippen LogP contribution in [0.25, 0.3) is 0 Å². The fraction of sp³-hybridized carbons (Fsp3) is 0.700. The summed E-state index contributed by atoms with van der Waals surface area (Å²) in [5, 5.41) is 11.2. The summed E-state index contributed by atoms with van der Waals surface area (Å²) < 4.78 is 37.0.